The molecular weight excluding hydrogens is 290 g/mol. The topological polar surface area (TPSA) is 81.0 Å². The molecule has 0 saturated carbocycles. The number of rotatable bonds is 2. The van der Waals surface area contributed by atoms with Gasteiger partial charge < -0.3 is 15.5 Å². The number of aromatic amines is 1. The van der Waals surface area contributed by atoms with Crippen molar-refractivity contribution in [2.75, 3.05) is 5.73 Å². The van der Waals surface area contributed by atoms with E-state index >= 15 is 0 Å². The van der Waals surface area contributed by atoms with Crippen molar-refractivity contribution >= 4 is 27.5 Å². The normalized spacial score (nSPS) is 11.0. The van der Waals surface area contributed by atoms with Gasteiger partial charge in [-0.3, -0.25) is 4.79 Å². The Balaban J connectivity index is 2.03. The molecule has 4 rings (SSSR count). The summed E-state index contributed by atoms with van der Waals surface area (Å²) in [5.74, 6) is 1.16. The molecule has 0 spiro atoms. The van der Waals surface area contributed by atoms with Crippen LogP contribution in [-0.2, 0) is 0 Å². The van der Waals surface area contributed by atoms with Crippen LogP contribution in [0.2, 0.25) is 0 Å². The summed E-state index contributed by atoms with van der Waals surface area (Å²) in [5, 5.41) is 2.15. The van der Waals surface area contributed by atoms with Crippen molar-refractivity contribution in [1.82, 2.24) is 9.97 Å². The van der Waals surface area contributed by atoms with Gasteiger partial charge in [0, 0.05) is 17.0 Å². The summed E-state index contributed by atoms with van der Waals surface area (Å²) in [7, 11) is 0. The molecule has 3 N–H and O–H groups in total. The SMILES string of the molecule is Nc1ccccc1Oc1ccnc2[nH]c(=O)c3ccccc3c12. The van der Waals surface area contributed by atoms with Crippen LogP contribution < -0.4 is 16.0 Å². The molecule has 112 valence electrons. The van der Waals surface area contributed by atoms with E-state index in [1.165, 1.54) is 0 Å². The van der Waals surface area contributed by atoms with Gasteiger partial charge in [0.15, 0.2) is 0 Å². The molecule has 4 aromatic rings. The van der Waals surface area contributed by atoms with Gasteiger partial charge in [-0.1, -0.05) is 30.3 Å². The van der Waals surface area contributed by atoms with E-state index in [0.29, 0.717) is 28.2 Å². The van der Waals surface area contributed by atoms with Gasteiger partial charge in [0.2, 0.25) is 0 Å². The zero-order valence-electron chi connectivity index (χ0n) is 12.1. The number of pyridine rings is 2. The monoisotopic (exact) mass is 303 g/mol. The summed E-state index contributed by atoms with van der Waals surface area (Å²) < 4.78 is 5.98. The summed E-state index contributed by atoms with van der Waals surface area (Å²) in [6.07, 6.45) is 1.60. The van der Waals surface area contributed by atoms with Gasteiger partial charge >= 0.3 is 0 Å². The predicted molar refractivity (Wildman–Crippen MR) is 90.8 cm³/mol. The first-order valence-electron chi connectivity index (χ1n) is 7.16. The van der Waals surface area contributed by atoms with Crippen LogP contribution in [0.15, 0.2) is 65.6 Å². The van der Waals surface area contributed by atoms with E-state index in [1.807, 2.05) is 30.3 Å². The second-order valence-electron chi connectivity index (χ2n) is 5.17. The maximum atomic E-state index is 12.2. The number of ether oxygens (including phenoxy) is 1. The van der Waals surface area contributed by atoms with Gasteiger partial charge in [0.05, 0.1) is 11.1 Å². The molecule has 0 aliphatic heterocycles. The van der Waals surface area contributed by atoms with Crippen molar-refractivity contribution in [2.24, 2.45) is 0 Å². The van der Waals surface area contributed by atoms with Crippen molar-refractivity contribution in [3.05, 3.63) is 71.1 Å². The zero-order valence-corrected chi connectivity index (χ0v) is 12.1. The van der Waals surface area contributed by atoms with Gasteiger partial charge in [-0.15, -0.1) is 0 Å². The van der Waals surface area contributed by atoms with Crippen LogP contribution in [0.4, 0.5) is 5.69 Å². The summed E-state index contributed by atoms with van der Waals surface area (Å²) in [5.41, 5.74) is 6.82. The highest BCUT2D eigenvalue weighted by Gasteiger charge is 2.12. The Hall–Kier alpha value is -3.34. The van der Waals surface area contributed by atoms with Gasteiger partial charge in [0.25, 0.3) is 5.56 Å². The van der Waals surface area contributed by atoms with Crippen molar-refractivity contribution in [1.29, 1.82) is 0 Å². The molecule has 0 aliphatic rings. The first-order valence-corrected chi connectivity index (χ1v) is 7.16. The molecule has 0 fully saturated rings. The fourth-order valence-corrected chi connectivity index (χ4v) is 2.65. The second-order valence-corrected chi connectivity index (χ2v) is 5.17. The molecule has 0 amide bonds. The van der Waals surface area contributed by atoms with E-state index in [2.05, 4.69) is 9.97 Å². The van der Waals surface area contributed by atoms with E-state index in [4.69, 9.17) is 10.5 Å². The Morgan fingerprint density at radius 2 is 1.65 bits per heavy atom. The molecule has 23 heavy (non-hydrogen) atoms. The number of aromatic nitrogens is 2. The van der Waals surface area contributed by atoms with Gasteiger partial charge in [0.1, 0.15) is 17.1 Å². The molecule has 0 saturated heterocycles. The van der Waals surface area contributed by atoms with Gasteiger partial charge in [-0.05, 0) is 24.3 Å². The zero-order chi connectivity index (χ0) is 15.8. The number of nitrogens with two attached hydrogens (primary N) is 1. The number of H-pyrrole nitrogens is 1. The number of anilines is 1. The highest BCUT2D eigenvalue weighted by molar-refractivity contribution is 6.07. The third-order valence-corrected chi connectivity index (χ3v) is 3.72. The van der Waals surface area contributed by atoms with Crippen LogP contribution in [0.1, 0.15) is 0 Å². The highest BCUT2D eigenvalue weighted by Crippen LogP contribution is 2.34. The van der Waals surface area contributed by atoms with E-state index < -0.39 is 0 Å². The maximum Gasteiger partial charge on any atom is 0.257 e. The lowest BCUT2D eigenvalue weighted by Crippen LogP contribution is -2.07. The number of nitrogens with zero attached hydrogens (tertiary/aromatic N) is 1. The Morgan fingerprint density at radius 3 is 2.48 bits per heavy atom. The number of benzene rings is 2. The van der Waals surface area contributed by atoms with Crippen molar-refractivity contribution in [2.45, 2.75) is 0 Å². The Morgan fingerprint density at radius 1 is 0.913 bits per heavy atom. The average molecular weight is 303 g/mol. The first kappa shape index (κ1) is 13.3. The lowest BCUT2D eigenvalue weighted by molar-refractivity contribution is 0.490. The standard InChI is InChI=1S/C18H13N3O2/c19-13-7-3-4-8-14(13)23-15-9-10-20-17-16(15)11-5-1-2-6-12(11)18(22)21-17/h1-10H,19H2,(H,20,21,22). The number of hydrogen-bond donors (Lipinski definition) is 2. The van der Waals surface area contributed by atoms with E-state index in [1.54, 1.807) is 30.5 Å². The number of nitrogens with one attached hydrogen (secondary N) is 1. The first-order chi connectivity index (χ1) is 11.2. The van der Waals surface area contributed by atoms with Crippen molar-refractivity contribution in [3.8, 4) is 11.5 Å². The Labute approximate surface area is 131 Å². The minimum atomic E-state index is -0.169. The lowest BCUT2D eigenvalue weighted by Gasteiger charge is -2.11. The molecule has 2 aromatic carbocycles. The molecule has 0 radical (unpaired) electrons. The third kappa shape index (κ3) is 2.19. The fourth-order valence-electron chi connectivity index (χ4n) is 2.65. The van der Waals surface area contributed by atoms with Crippen LogP contribution in [0.25, 0.3) is 21.8 Å². The van der Waals surface area contributed by atoms with Crippen LogP contribution in [0.3, 0.4) is 0 Å². The highest BCUT2D eigenvalue weighted by atomic mass is 16.5. The molecule has 2 aromatic heterocycles. The summed E-state index contributed by atoms with van der Waals surface area (Å²) >= 11 is 0. The quantitative estimate of drug-likeness (QED) is 0.439. The second kappa shape index (κ2) is 5.14. The Kier molecular flexibility index (Phi) is 2.98. The molecule has 2 heterocycles. The maximum absolute atomic E-state index is 12.2. The van der Waals surface area contributed by atoms with Crippen LogP contribution in [0.5, 0.6) is 11.5 Å². The third-order valence-electron chi connectivity index (χ3n) is 3.72. The Bertz CT molecular complexity index is 1090. The molecule has 0 aliphatic carbocycles. The van der Waals surface area contributed by atoms with E-state index in [-0.39, 0.29) is 5.56 Å². The summed E-state index contributed by atoms with van der Waals surface area (Å²) in [6, 6.07) is 16.4. The molecular formula is C18H13N3O2. The molecule has 5 nitrogen and oxygen atoms in total. The van der Waals surface area contributed by atoms with Crippen LogP contribution in [0, 0.1) is 0 Å². The lowest BCUT2D eigenvalue weighted by atomic mass is 10.1. The van der Waals surface area contributed by atoms with Crippen molar-refractivity contribution in [3.63, 3.8) is 0 Å². The fraction of sp³-hybridized carbons (Fsp3) is 0. The molecule has 0 bridgehead atoms. The van der Waals surface area contributed by atoms with Crippen LogP contribution in [-0.4, -0.2) is 9.97 Å². The minimum Gasteiger partial charge on any atom is -0.454 e. The molecule has 5 heteroatoms. The van der Waals surface area contributed by atoms with Gasteiger partial charge in [-0.2, -0.15) is 0 Å². The van der Waals surface area contributed by atoms with Crippen LogP contribution >= 0.6 is 0 Å². The van der Waals surface area contributed by atoms with E-state index in [9.17, 15) is 4.79 Å². The van der Waals surface area contributed by atoms with E-state index in [0.717, 1.165) is 10.8 Å². The number of para-hydroxylation sites is 2. The van der Waals surface area contributed by atoms with Crippen molar-refractivity contribution < 1.29 is 4.74 Å². The number of hydrogen-bond acceptors (Lipinski definition) is 4. The minimum absolute atomic E-state index is 0.169. The number of nitrogen functional groups attached to an aromatic ring is 1. The summed E-state index contributed by atoms with van der Waals surface area (Å²) in [4.78, 5) is 19.2. The molecule has 0 atom stereocenters. The number of fused-ring (bicyclic) bond motifs is 3. The summed E-state index contributed by atoms with van der Waals surface area (Å²) in [6.45, 7) is 0. The van der Waals surface area contributed by atoms with Gasteiger partial charge in [-0.25, -0.2) is 4.98 Å². The smallest absolute Gasteiger partial charge is 0.257 e. The predicted octanol–water partition coefficient (Wildman–Crippen LogP) is 3.45. The largest absolute Gasteiger partial charge is 0.454 e. The molecule has 0 unspecified atom stereocenters. The average Bonchev–Trinajstić information content (AvgIpc) is 2.57.